The van der Waals surface area contributed by atoms with Gasteiger partial charge < -0.3 is 9.64 Å². The number of carbonyl (C=O) groups is 2. The molecule has 2 aromatic rings. The molecule has 0 N–H and O–H groups in total. The van der Waals surface area contributed by atoms with E-state index in [1.54, 1.807) is 30.2 Å². The van der Waals surface area contributed by atoms with Gasteiger partial charge in [-0.1, -0.05) is 30.3 Å². The first-order valence-corrected chi connectivity index (χ1v) is 11.0. The zero-order valence-electron chi connectivity index (χ0n) is 17.9. The summed E-state index contributed by atoms with van der Waals surface area (Å²) in [7, 11) is 0. The van der Waals surface area contributed by atoms with Crippen LogP contribution in [-0.4, -0.2) is 49.6 Å². The molecule has 2 fully saturated rings. The number of ether oxygens (including phenoxy) is 1. The molecule has 0 radical (unpaired) electrons. The minimum atomic E-state index is -1.02. The zero-order valence-corrected chi connectivity index (χ0v) is 18.7. The van der Waals surface area contributed by atoms with Gasteiger partial charge in [0.2, 0.25) is 0 Å². The van der Waals surface area contributed by atoms with Crippen molar-refractivity contribution < 1.29 is 19.2 Å². The number of benzene rings is 2. The maximum Gasteiger partial charge on any atom is 0.330 e. The van der Waals surface area contributed by atoms with Crippen LogP contribution in [0.25, 0.3) is 0 Å². The summed E-state index contributed by atoms with van der Waals surface area (Å²) in [5, 5.41) is 10.5. The molecule has 2 saturated heterocycles. The zero-order chi connectivity index (χ0) is 23.1. The van der Waals surface area contributed by atoms with Gasteiger partial charge in [0.25, 0.3) is 11.6 Å². The van der Waals surface area contributed by atoms with Crippen molar-refractivity contribution in [2.45, 2.75) is 49.1 Å². The molecule has 166 valence electrons. The Bertz CT molecular complexity index is 1090. The summed E-state index contributed by atoms with van der Waals surface area (Å²) in [6.45, 7) is 5.76. The highest BCUT2D eigenvalue weighted by Gasteiger charge is 2.69. The highest BCUT2D eigenvalue weighted by Crippen LogP contribution is 2.56. The lowest BCUT2D eigenvalue weighted by Crippen LogP contribution is -2.71. The van der Waals surface area contributed by atoms with Gasteiger partial charge in [0.15, 0.2) is 5.54 Å². The first kappa shape index (κ1) is 22.0. The highest BCUT2D eigenvalue weighted by molar-refractivity contribution is 8.01. The fraction of sp³-hybridized carbons (Fsp3) is 0.348. The molecule has 2 heterocycles. The SMILES string of the molecule is CC1(C)S[C@H]2N(C(=O)[C@@]2(C)N=Cc2ccc([N+](=O)[O-])cc2)[C@H]1C(=O)OCc1ccccc1. The molecule has 0 aromatic heterocycles. The standard InChI is InChI=1S/C23H23N3O5S/c1-22(2)18(19(27)31-14-16-7-5-4-6-8-16)25-20(28)23(3,21(25)32-22)24-13-15-9-11-17(12-10-15)26(29)30/h4-13,18,21H,14H2,1-3H3/t18-,21+,23+/m0/s1. The molecule has 3 atom stereocenters. The summed E-state index contributed by atoms with van der Waals surface area (Å²) in [5.41, 5.74) is 0.514. The monoisotopic (exact) mass is 453 g/mol. The van der Waals surface area contributed by atoms with Crippen LogP contribution in [0.15, 0.2) is 59.6 Å². The van der Waals surface area contributed by atoms with E-state index in [0.29, 0.717) is 5.56 Å². The molecule has 0 unspecified atom stereocenters. The number of thioether (sulfide) groups is 1. The third-order valence-corrected chi connectivity index (χ3v) is 7.53. The van der Waals surface area contributed by atoms with Gasteiger partial charge in [-0.2, -0.15) is 0 Å². The summed E-state index contributed by atoms with van der Waals surface area (Å²) in [6, 6.07) is 14.7. The fourth-order valence-corrected chi connectivity index (χ4v) is 5.64. The number of nitrogens with zero attached hydrogens (tertiary/aromatic N) is 3. The number of rotatable bonds is 6. The lowest BCUT2D eigenvalue weighted by Gasteiger charge is -2.49. The van der Waals surface area contributed by atoms with Crippen molar-refractivity contribution in [1.29, 1.82) is 0 Å². The molecular formula is C23H23N3O5S. The van der Waals surface area contributed by atoms with Gasteiger partial charge in [0.1, 0.15) is 18.0 Å². The molecule has 32 heavy (non-hydrogen) atoms. The second-order valence-electron chi connectivity index (χ2n) is 8.54. The van der Waals surface area contributed by atoms with Crippen LogP contribution in [0.1, 0.15) is 31.9 Å². The molecule has 0 bridgehead atoms. The molecule has 8 nitrogen and oxygen atoms in total. The molecule has 9 heteroatoms. The third-order valence-electron chi connectivity index (χ3n) is 5.79. The number of nitro benzene ring substituents is 1. The van der Waals surface area contributed by atoms with E-state index in [1.165, 1.54) is 23.9 Å². The van der Waals surface area contributed by atoms with Crippen LogP contribution in [0.2, 0.25) is 0 Å². The van der Waals surface area contributed by atoms with Crippen molar-refractivity contribution in [2.24, 2.45) is 4.99 Å². The Kier molecular flexibility index (Phi) is 5.54. The topological polar surface area (TPSA) is 102 Å². The van der Waals surface area contributed by atoms with Gasteiger partial charge in [0, 0.05) is 23.1 Å². The normalized spacial score (nSPS) is 26.0. The second kappa shape index (κ2) is 8.05. The minimum absolute atomic E-state index is 0.00999. The van der Waals surface area contributed by atoms with Gasteiger partial charge >= 0.3 is 5.97 Å². The number of carbonyl (C=O) groups excluding carboxylic acids is 2. The lowest BCUT2D eigenvalue weighted by molar-refractivity contribution is -0.384. The molecule has 0 saturated carbocycles. The molecule has 2 aliphatic rings. The number of hydrogen-bond donors (Lipinski definition) is 0. The van der Waals surface area contributed by atoms with Crippen molar-refractivity contribution in [3.8, 4) is 0 Å². The van der Waals surface area contributed by atoms with E-state index in [9.17, 15) is 19.7 Å². The van der Waals surface area contributed by atoms with Gasteiger partial charge in [0.05, 0.1) is 4.92 Å². The third kappa shape index (κ3) is 3.77. The summed E-state index contributed by atoms with van der Waals surface area (Å²) in [4.78, 5) is 42.5. The van der Waals surface area contributed by atoms with E-state index in [-0.39, 0.29) is 23.6 Å². The maximum atomic E-state index is 13.1. The van der Waals surface area contributed by atoms with Crippen molar-refractivity contribution in [2.75, 3.05) is 0 Å². The van der Waals surface area contributed by atoms with Crippen molar-refractivity contribution >= 4 is 35.5 Å². The number of non-ortho nitro benzene ring substituents is 1. The number of aliphatic imine (C=N–C) groups is 1. The fourth-order valence-electron chi connectivity index (χ4n) is 4.00. The summed E-state index contributed by atoms with van der Waals surface area (Å²) in [6.07, 6.45) is 1.55. The van der Waals surface area contributed by atoms with Gasteiger partial charge in [-0.25, -0.2) is 4.79 Å². The number of fused-ring (bicyclic) bond motifs is 1. The van der Waals surface area contributed by atoms with Crippen LogP contribution in [-0.2, 0) is 20.9 Å². The Hall–Kier alpha value is -3.20. The van der Waals surface area contributed by atoms with Crippen molar-refractivity contribution in [3.05, 3.63) is 75.8 Å². The molecule has 1 amide bonds. The Morgan fingerprint density at radius 2 is 1.84 bits per heavy atom. The molecule has 0 spiro atoms. The van der Waals surface area contributed by atoms with Crippen LogP contribution >= 0.6 is 11.8 Å². The quantitative estimate of drug-likeness (QED) is 0.218. The van der Waals surface area contributed by atoms with Crippen LogP contribution in [0, 0.1) is 10.1 Å². The van der Waals surface area contributed by atoms with Crippen LogP contribution < -0.4 is 0 Å². The average molecular weight is 454 g/mol. The number of esters is 1. The van der Waals surface area contributed by atoms with E-state index >= 15 is 0 Å². The minimum Gasteiger partial charge on any atom is -0.459 e. The maximum absolute atomic E-state index is 13.1. The van der Waals surface area contributed by atoms with E-state index in [4.69, 9.17) is 4.74 Å². The van der Waals surface area contributed by atoms with Crippen LogP contribution in [0.5, 0.6) is 0 Å². The smallest absolute Gasteiger partial charge is 0.330 e. The Balaban J connectivity index is 1.48. The Morgan fingerprint density at radius 3 is 2.47 bits per heavy atom. The first-order chi connectivity index (χ1) is 15.1. The molecule has 0 aliphatic carbocycles. The molecule has 2 aromatic carbocycles. The van der Waals surface area contributed by atoms with Gasteiger partial charge in [-0.05, 0) is 44.0 Å². The molecule has 2 aliphatic heterocycles. The van der Waals surface area contributed by atoms with Crippen molar-refractivity contribution in [3.63, 3.8) is 0 Å². The summed E-state index contributed by atoms with van der Waals surface area (Å²) in [5.74, 6) is -0.663. The lowest BCUT2D eigenvalue weighted by atomic mass is 9.87. The largest absolute Gasteiger partial charge is 0.459 e. The number of hydrogen-bond acceptors (Lipinski definition) is 7. The van der Waals surface area contributed by atoms with E-state index in [1.807, 2.05) is 44.2 Å². The van der Waals surface area contributed by atoms with E-state index in [2.05, 4.69) is 4.99 Å². The molecular weight excluding hydrogens is 430 g/mol. The second-order valence-corrected chi connectivity index (χ2v) is 10.3. The number of amides is 1. The van der Waals surface area contributed by atoms with Gasteiger partial charge in [-0.3, -0.25) is 19.9 Å². The predicted molar refractivity (Wildman–Crippen MR) is 121 cm³/mol. The highest BCUT2D eigenvalue weighted by atomic mass is 32.2. The Morgan fingerprint density at radius 1 is 1.19 bits per heavy atom. The van der Waals surface area contributed by atoms with E-state index < -0.39 is 27.2 Å². The van der Waals surface area contributed by atoms with Crippen molar-refractivity contribution in [1.82, 2.24) is 4.90 Å². The average Bonchev–Trinajstić information content (AvgIpc) is 3.06. The number of β-lactam (4-membered cyclic amide) rings is 1. The van der Waals surface area contributed by atoms with Crippen LogP contribution in [0.4, 0.5) is 5.69 Å². The molecule has 4 rings (SSSR count). The number of nitro groups is 1. The Labute approximate surface area is 189 Å². The summed E-state index contributed by atoms with van der Waals surface area (Å²) < 4.78 is 5.00. The van der Waals surface area contributed by atoms with Gasteiger partial charge in [-0.15, -0.1) is 11.8 Å². The van der Waals surface area contributed by atoms with E-state index in [0.717, 1.165) is 5.56 Å². The first-order valence-electron chi connectivity index (χ1n) is 10.1. The van der Waals surface area contributed by atoms with Crippen LogP contribution in [0.3, 0.4) is 0 Å². The predicted octanol–water partition coefficient (Wildman–Crippen LogP) is 3.58. The summed E-state index contributed by atoms with van der Waals surface area (Å²) >= 11 is 1.53.